The van der Waals surface area contributed by atoms with E-state index in [0.717, 1.165) is 12.1 Å². The molecule has 3 heteroatoms. The van der Waals surface area contributed by atoms with Crippen molar-refractivity contribution in [2.24, 2.45) is 0 Å². The van der Waals surface area contributed by atoms with E-state index in [9.17, 15) is 4.39 Å². The number of hydrogen-bond donors (Lipinski definition) is 1. The average Bonchev–Trinajstić information content (AvgIpc) is 2.80. The Hall–Kier alpha value is -2.03. The van der Waals surface area contributed by atoms with Crippen molar-refractivity contribution in [3.8, 4) is 5.75 Å². The van der Waals surface area contributed by atoms with E-state index in [0.29, 0.717) is 12.4 Å². The molecule has 1 atom stereocenters. The molecular formula is C15H14FNO. The Balaban J connectivity index is 1.62. The minimum atomic E-state index is -0.312. The highest BCUT2D eigenvalue weighted by Gasteiger charge is 2.20. The molecule has 1 heterocycles. The van der Waals surface area contributed by atoms with Gasteiger partial charge in [-0.2, -0.15) is 0 Å². The lowest BCUT2D eigenvalue weighted by atomic mass is 10.1. The van der Waals surface area contributed by atoms with E-state index >= 15 is 0 Å². The van der Waals surface area contributed by atoms with Crippen molar-refractivity contribution in [3.63, 3.8) is 0 Å². The molecule has 0 amide bonds. The number of halogens is 1. The second-order valence-electron chi connectivity index (χ2n) is 4.44. The minimum absolute atomic E-state index is 0.210. The predicted molar refractivity (Wildman–Crippen MR) is 69.5 cm³/mol. The summed E-state index contributed by atoms with van der Waals surface area (Å²) in [4.78, 5) is 0. The molecule has 1 aliphatic rings. The maximum Gasteiger partial charge on any atom is 0.165 e. The van der Waals surface area contributed by atoms with Crippen LogP contribution in [0.25, 0.3) is 0 Å². The van der Waals surface area contributed by atoms with Crippen LogP contribution in [0, 0.1) is 5.82 Å². The van der Waals surface area contributed by atoms with Crippen LogP contribution >= 0.6 is 0 Å². The number of fused-ring (bicyclic) bond motifs is 1. The van der Waals surface area contributed by atoms with E-state index in [-0.39, 0.29) is 11.9 Å². The molecule has 0 fully saturated rings. The molecule has 92 valence electrons. The first kappa shape index (κ1) is 11.1. The topological polar surface area (TPSA) is 21.3 Å². The maximum absolute atomic E-state index is 13.4. The highest BCUT2D eigenvalue weighted by atomic mass is 19.1. The van der Waals surface area contributed by atoms with Crippen molar-refractivity contribution in [3.05, 3.63) is 59.9 Å². The van der Waals surface area contributed by atoms with Crippen LogP contribution in [0.15, 0.2) is 48.5 Å². The van der Waals surface area contributed by atoms with Gasteiger partial charge in [-0.05, 0) is 30.2 Å². The zero-order valence-corrected chi connectivity index (χ0v) is 9.90. The van der Waals surface area contributed by atoms with E-state index in [1.165, 1.54) is 11.6 Å². The van der Waals surface area contributed by atoms with Gasteiger partial charge in [-0.25, -0.2) is 4.39 Å². The maximum atomic E-state index is 13.4. The Morgan fingerprint density at radius 1 is 1.11 bits per heavy atom. The van der Waals surface area contributed by atoms with Gasteiger partial charge < -0.3 is 10.1 Å². The summed E-state index contributed by atoms with van der Waals surface area (Å²) in [6.45, 7) is 0.468. The summed E-state index contributed by atoms with van der Waals surface area (Å²) in [5.41, 5.74) is 2.44. The third-order valence-electron chi connectivity index (χ3n) is 3.12. The lowest BCUT2D eigenvalue weighted by Crippen LogP contribution is -2.24. The zero-order chi connectivity index (χ0) is 12.4. The lowest BCUT2D eigenvalue weighted by Gasteiger charge is -2.13. The number of anilines is 1. The summed E-state index contributed by atoms with van der Waals surface area (Å²) in [5, 5.41) is 3.38. The molecule has 2 aromatic rings. The molecule has 2 nitrogen and oxygen atoms in total. The van der Waals surface area contributed by atoms with Gasteiger partial charge in [0.1, 0.15) is 6.61 Å². The zero-order valence-electron chi connectivity index (χ0n) is 9.90. The third-order valence-corrected chi connectivity index (χ3v) is 3.12. The van der Waals surface area contributed by atoms with E-state index in [1.54, 1.807) is 18.2 Å². The van der Waals surface area contributed by atoms with Crippen LogP contribution in [0.5, 0.6) is 5.75 Å². The van der Waals surface area contributed by atoms with Gasteiger partial charge in [0.2, 0.25) is 0 Å². The Bertz CT molecular complexity index is 531. The van der Waals surface area contributed by atoms with Gasteiger partial charge in [0.25, 0.3) is 0 Å². The fourth-order valence-electron chi connectivity index (χ4n) is 2.23. The van der Waals surface area contributed by atoms with Crippen LogP contribution in [0.1, 0.15) is 5.56 Å². The molecule has 1 N–H and O–H groups in total. The summed E-state index contributed by atoms with van der Waals surface area (Å²) in [6.07, 6.45) is 0.921. The number of para-hydroxylation sites is 2. The number of ether oxygens (including phenoxy) is 1. The van der Waals surface area contributed by atoms with E-state index in [1.807, 2.05) is 12.1 Å². The molecule has 0 spiro atoms. The molecule has 0 aliphatic carbocycles. The fourth-order valence-corrected chi connectivity index (χ4v) is 2.23. The lowest BCUT2D eigenvalue weighted by molar-refractivity contribution is 0.285. The van der Waals surface area contributed by atoms with E-state index in [2.05, 4.69) is 17.4 Å². The SMILES string of the molecule is Fc1ccccc1OCC1Cc2ccccc2N1. The number of nitrogens with one attached hydrogen (secondary N) is 1. The summed E-state index contributed by atoms with van der Waals surface area (Å²) < 4.78 is 18.9. The van der Waals surface area contributed by atoms with Crippen LogP contribution in [0.3, 0.4) is 0 Å². The van der Waals surface area contributed by atoms with Crippen molar-refractivity contribution < 1.29 is 9.13 Å². The van der Waals surface area contributed by atoms with Crippen LogP contribution in [-0.4, -0.2) is 12.6 Å². The van der Waals surface area contributed by atoms with Crippen LogP contribution in [0.2, 0.25) is 0 Å². The summed E-state index contributed by atoms with van der Waals surface area (Å²) in [7, 11) is 0. The van der Waals surface area contributed by atoms with Gasteiger partial charge >= 0.3 is 0 Å². The molecule has 0 saturated heterocycles. The van der Waals surface area contributed by atoms with E-state index in [4.69, 9.17) is 4.74 Å². The molecule has 0 saturated carbocycles. The number of rotatable bonds is 3. The first-order valence-corrected chi connectivity index (χ1v) is 6.05. The Labute approximate surface area is 105 Å². The van der Waals surface area contributed by atoms with E-state index < -0.39 is 0 Å². The molecule has 3 rings (SSSR count). The number of benzene rings is 2. The summed E-state index contributed by atoms with van der Waals surface area (Å²) in [6, 6.07) is 14.9. The van der Waals surface area contributed by atoms with Crippen LogP contribution in [-0.2, 0) is 6.42 Å². The molecular weight excluding hydrogens is 229 g/mol. The molecule has 0 aromatic heterocycles. The Morgan fingerprint density at radius 2 is 1.89 bits per heavy atom. The number of hydrogen-bond acceptors (Lipinski definition) is 2. The largest absolute Gasteiger partial charge is 0.488 e. The molecule has 0 bridgehead atoms. The van der Waals surface area contributed by atoms with Gasteiger partial charge in [-0.1, -0.05) is 30.3 Å². The molecule has 18 heavy (non-hydrogen) atoms. The second kappa shape index (κ2) is 4.69. The smallest absolute Gasteiger partial charge is 0.165 e. The van der Waals surface area contributed by atoms with Crippen molar-refractivity contribution in [2.75, 3.05) is 11.9 Å². The van der Waals surface area contributed by atoms with Crippen molar-refractivity contribution >= 4 is 5.69 Å². The first-order chi connectivity index (χ1) is 8.83. The minimum Gasteiger partial charge on any atom is -0.488 e. The Morgan fingerprint density at radius 3 is 2.72 bits per heavy atom. The molecule has 1 aliphatic heterocycles. The van der Waals surface area contributed by atoms with Gasteiger partial charge in [0, 0.05) is 5.69 Å². The van der Waals surface area contributed by atoms with Gasteiger partial charge in [0.05, 0.1) is 6.04 Å². The fraction of sp³-hybridized carbons (Fsp3) is 0.200. The van der Waals surface area contributed by atoms with Crippen molar-refractivity contribution in [2.45, 2.75) is 12.5 Å². The summed E-state index contributed by atoms with van der Waals surface area (Å²) >= 11 is 0. The second-order valence-corrected chi connectivity index (χ2v) is 4.44. The highest BCUT2D eigenvalue weighted by Crippen LogP contribution is 2.25. The van der Waals surface area contributed by atoms with Crippen molar-refractivity contribution in [1.82, 2.24) is 0 Å². The Kier molecular flexibility index (Phi) is 2.89. The quantitative estimate of drug-likeness (QED) is 0.893. The monoisotopic (exact) mass is 243 g/mol. The third kappa shape index (κ3) is 2.16. The molecule has 2 aromatic carbocycles. The first-order valence-electron chi connectivity index (χ1n) is 6.05. The predicted octanol–water partition coefficient (Wildman–Crippen LogP) is 3.24. The van der Waals surface area contributed by atoms with Crippen molar-refractivity contribution in [1.29, 1.82) is 0 Å². The normalized spacial score (nSPS) is 17.1. The molecule has 0 radical (unpaired) electrons. The van der Waals surface area contributed by atoms with Gasteiger partial charge in [-0.15, -0.1) is 0 Å². The van der Waals surface area contributed by atoms with Crippen LogP contribution < -0.4 is 10.1 Å². The summed E-state index contributed by atoms with van der Waals surface area (Å²) in [5.74, 6) is 0.00303. The van der Waals surface area contributed by atoms with Crippen LogP contribution in [0.4, 0.5) is 10.1 Å². The van der Waals surface area contributed by atoms with Gasteiger partial charge in [0.15, 0.2) is 11.6 Å². The van der Waals surface area contributed by atoms with Gasteiger partial charge in [-0.3, -0.25) is 0 Å². The molecule has 1 unspecified atom stereocenters. The standard InChI is InChI=1S/C15H14FNO/c16-13-6-2-4-8-15(13)18-10-12-9-11-5-1-3-7-14(11)17-12/h1-8,12,17H,9-10H2. The highest BCUT2D eigenvalue weighted by molar-refractivity contribution is 5.56. The average molecular weight is 243 g/mol.